The molecule has 1 atom stereocenters. The lowest BCUT2D eigenvalue weighted by Crippen LogP contribution is -2.21. The minimum Gasteiger partial charge on any atom is -0.494 e. The van der Waals surface area contributed by atoms with Gasteiger partial charge in [0.2, 0.25) is 0 Å². The first-order chi connectivity index (χ1) is 9.86. The summed E-state index contributed by atoms with van der Waals surface area (Å²) >= 11 is 0. The molecule has 0 aromatic heterocycles. The molecule has 20 heavy (non-hydrogen) atoms. The molecule has 1 N–H and O–H groups in total. The summed E-state index contributed by atoms with van der Waals surface area (Å²) in [5.74, 6) is 1.92. The number of nitrogens with one attached hydrogen (secondary N) is 1. The Morgan fingerprint density at radius 2 is 2.10 bits per heavy atom. The maximum Gasteiger partial charge on any atom is 0.124 e. The average molecular weight is 269 g/mol. The molecule has 3 heteroatoms. The number of para-hydroxylation sites is 1. The van der Waals surface area contributed by atoms with E-state index in [0.717, 1.165) is 18.0 Å². The van der Waals surface area contributed by atoms with Gasteiger partial charge in [0.15, 0.2) is 0 Å². The highest BCUT2D eigenvalue weighted by Crippen LogP contribution is 2.31. The molecule has 0 bridgehead atoms. The van der Waals surface area contributed by atoms with E-state index in [1.165, 1.54) is 11.1 Å². The van der Waals surface area contributed by atoms with Crippen LogP contribution in [-0.4, -0.2) is 13.2 Å². The predicted octanol–water partition coefficient (Wildman–Crippen LogP) is 3.31. The van der Waals surface area contributed by atoms with E-state index in [1.807, 2.05) is 31.2 Å². The third-order valence-electron chi connectivity index (χ3n) is 3.46. The number of fused-ring (bicyclic) bond motifs is 1. The molecule has 2 aromatic carbocycles. The van der Waals surface area contributed by atoms with Gasteiger partial charge in [-0.15, -0.1) is 0 Å². The van der Waals surface area contributed by atoms with E-state index in [9.17, 15) is 0 Å². The second-order valence-corrected chi connectivity index (χ2v) is 4.86. The molecule has 1 unspecified atom stereocenters. The summed E-state index contributed by atoms with van der Waals surface area (Å²) in [6.45, 7) is 4.20. The number of benzene rings is 2. The van der Waals surface area contributed by atoms with Gasteiger partial charge in [0.05, 0.1) is 12.6 Å². The van der Waals surface area contributed by atoms with E-state index in [1.54, 1.807) is 0 Å². The summed E-state index contributed by atoms with van der Waals surface area (Å²) in [6.07, 6.45) is 0. The fourth-order valence-electron chi connectivity index (χ4n) is 2.48. The molecule has 1 aliphatic rings. The fraction of sp³-hybridized carbons (Fsp3) is 0.294. The Labute approximate surface area is 119 Å². The zero-order valence-corrected chi connectivity index (χ0v) is 11.6. The average Bonchev–Trinajstić information content (AvgIpc) is 2.89. The van der Waals surface area contributed by atoms with E-state index in [-0.39, 0.29) is 6.04 Å². The predicted molar refractivity (Wildman–Crippen MR) is 79.1 cm³/mol. The molecule has 3 rings (SSSR count). The van der Waals surface area contributed by atoms with Crippen LogP contribution >= 0.6 is 0 Å². The molecule has 3 nitrogen and oxygen atoms in total. The van der Waals surface area contributed by atoms with E-state index in [4.69, 9.17) is 9.47 Å². The highest BCUT2D eigenvalue weighted by atomic mass is 16.5. The zero-order valence-electron chi connectivity index (χ0n) is 11.6. The van der Waals surface area contributed by atoms with Crippen LogP contribution in [-0.2, 0) is 6.54 Å². The van der Waals surface area contributed by atoms with E-state index < -0.39 is 0 Å². The minimum atomic E-state index is 0.266. The molecule has 0 saturated carbocycles. The summed E-state index contributed by atoms with van der Waals surface area (Å²) in [5, 5.41) is 3.54. The highest BCUT2D eigenvalue weighted by molar-refractivity contribution is 5.39. The molecule has 2 aromatic rings. The van der Waals surface area contributed by atoms with Crippen LogP contribution in [0.25, 0.3) is 0 Å². The lowest BCUT2D eigenvalue weighted by atomic mass is 10.1. The Hall–Kier alpha value is -2.00. The van der Waals surface area contributed by atoms with Crippen molar-refractivity contribution in [2.75, 3.05) is 13.2 Å². The molecular formula is C17H19NO2. The molecule has 1 heterocycles. The second kappa shape index (κ2) is 5.97. The van der Waals surface area contributed by atoms with E-state index in [0.29, 0.717) is 13.2 Å². The van der Waals surface area contributed by atoms with Gasteiger partial charge in [-0.2, -0.15) is 0 Å². The lowest BCUT2D eigenvalue weighted by molar-refractivity contribution is 0.310. The van der Waals surface area contributed by atoms with Gasteiger partial charge in [0.1, 0.15) is 18.1 Å². The summed E-state index contributed by atoms with van der Waals surface area (Å²) in [7, 11) is 0. The molecule has 104 valence electrons. The van der Waals surface area contributed by atoms with Gasteiger partial charge in [0.25, 0.3) is 0 Å². The van der Waals surface area contributed by atoms with Gasteiger partial charge in [-0.3, -0.25) is 0 Å². The summed E-state index contributed by atoms with van der Waals surface area (Å²) in [6, 6.07) is 16.7. The Balaban J connectivity index is 1.64. The first-order valence-corrected chi connectivity index (χ1v) is 7.03. The molecule has 0 saturated heterocycles. The van der Waals surface area contributed by atoms with Gasteiger partial charge in [-0.05, 0) is 30.7 Å². The fourth-order valence-corrected chi connectivity index (χ4v) is 2.48. The lowest BCUT2D eigenvalue weighted by Gasteiger charge is -2.12. The molecule has 0 fully saturated rings. The number of ether oxygens (including phenoxy) is 2. The van der Waals surface area contributed by atoms with E-state index in [2.05, 4.69) is 29.6 Å². The Morgan fingerprint density at radius 3 is 3.00 bits per heavy atom. The summed E-state index contributed by atoms with van der Waals surface area (Å²) in [4.78, 5) is 0. The van der Waals surface area contributed by atoms with Crippen molar-refractivity contribution in [3.63, 3.8) is 0 Å². The number of hydrogen-bond donors (Lipinski definition) is 1. The number of hydrogen-bond acceptors (Lipinski definition) is 3. The first-order valence-electron chi connectivity index (χ1n) is 7.03. The van der Waals surface area contributed by atoms with Crippen molar-refractivity contribution in [1.82, 2.24) is 5.32 Å². The van der Waals surface area contributed by atoms with E-state index >= 15 is 0 Å². The number of rotatable bonds is 5. The first kappa shape index (κ1) is 13.0. The largest absolute Gasteiger partial charge is 0.494 e. The smallest absolute Gasteiger partial charge is 0.124 e. The van der Waals surface area contributed by atoms with Crippen molar-refractivity contribution < 1.29 is 9.47 Å². The maximum atomic E-state index is 5.67. The maximum absolute atomic E-state index is 5.67. The quantitative estimate of drug-likeness (QED) is 0.903. The van der Waals surface area contributed by atoms with Crippen molar-refractivity contribution in [2.24, 2.45) is 0 Å². The van der Waals surface area contributed by atoms with Gasteiger partial charge in [-0.1, -0.05) is 30.3 Å². The Bertz CT molecular complexity index is 583. The Kier molecular flexibility index (Phi) is 3.88. The zero-order chi connectivity index (χ0) is 13.8. The highest BCUT2D eigenvalue weighted by Gasteiger charge is 2.22. The van der Waals surface area contributed by atoms with Gasteiger partial charge in [0, 0.05) is 12.1 Å². The molecule has 0 radical (unpaired) electrons. The standard InChI is InChI=1S/C17H19NO2/c1-2-19-14-7-5-6-13(10-14)11-18-16-12-20-17-9-4-3-8-15(16)17/h3-10,16,18H,2,11-12H2,1H3. The van der Waals surface area contributed by atoms with Crippen LogP contribution in [0, 0.1) is 0 Å². The van der Waals surface area contributed by atoms with Gasteiger partial charge in [-0.25, -0.2) is 0 Å². The van der Waals surface area contributed by atoms with Crippen LogP contribution in [0.5, 0.6) is 11.5 Å². The van der Waals surface area contributed by atoms with Crippen LogP contribution < -0.4 is 14.8 Å². The molecule has 1 aliphatic heterocycles. The van der Waals surface area contributed by atoms with Crippen molar-refractivity contribution in [1.29, 1.82) is 0 Å². The summed E-state index contributed by atoms with van der Waals surface area (Å²) in [5.41, 5.74) is 2.47. The molecule has 0 aliphatic carbocycles. The molecule has 0 amide bonds. The second-order valence-electron chi connectivity index (χ2n) is 4.86. The Morgan fingerprint density at radius 1 is 1.20 bits per heavy atom. The van der Waals surface area contributed by atoms with Gasteiger partial charge < -0.3 is 14.8 Å². The SMILES string of the molecule is CCOc1cccc(CNC2COc3ccccc32)c1. The minimum absolute atomic E-state index is 0.266. The molecular weight excluding hydrogens is 250 g/mol. The van der Waals surface area contributed by atoms with Crippen LogP contribution in [0.15, 0.2) is 48.5 Å². The third kappa shape index (κ3) is 2.78. The van der Waals surface area contributed by atoms with Crippen LogP contribution in [0.4, 0.5) is 0 Å². The van der Waals surface area contributed by atoms with Crippen molar-refractivity contribution in [3.05, 3.63) is 59.7 Å². The topological polar surface area (TPSA) is 30.5 Å². The van der Waals surface area contributed by atoms with Crippen molar-refractivity contribution >= 4 is 0 Å². The van der Waals surface area contributed by atoms with Gasteiger partial charge >= 0.3 is 0 Å². The normalized spacial score (nSPS) is 16.6. The van der Waals surface area contributed by atoms with Crippen molar-refractivity contribution in [3.8, 4) is 11.5 Å². The van der Waals surface area contributed by atoms with Crippen LogP contribution in [0.3, 0.4) is 0 Å². The monoisotopic (exact) mass is 269 g/mol. The van der Waals surface area contributed by atoms with Crippen LogP contribution in [0.1, 0.15) is 24.1 Å². The van der Waals surface area contributed by atoms with Crippen molar-refractivity contribution in [2.45, 2.75) is 19.5 Å². The summed E-state index contributed by atoms with van der Waals surface area (Å²) < 4.78 is 11.2. The third-order valence-corrected chi connectivity index (χ3v) is 3.46. The van der Waals surface area contributed by atoms with Crippen LogP contribution in [0.2, 0.25) is 0 Å². The molecule has 0 spiro atoms.